The summed E-state index contributed by atoms with van der Waals surface area (Å²) in [7, 11) is -3.99. The molecule has 29 heavy (non-hydrogen) atoms. The summed E-state index contributed by atoms with van der Waals surface area (Å²) in [5.74, 6) is -1.14. The molecule has 0 unspecified atom stereocenters. The first-order valence-corrected chi connectivity index (χ1v) is 10.2. The fourth-order valence-corrected chi connectivity index (χ4v) is 3.73. The largest absolute Gasteiger partial charge is 0.416 e. The first-order valence-electron chi connectivity index (χ1n) is 8.31. The van der Waals surface area contributed by atoms with Crippen molar-refractivity contribution in [3.63, 3.8) is 0 Å². The van der Waals surface area contributed by atoms with Crippen LogP contribution in [-0.2, 0) is 25.8 Å². The van der Waals surface area contributed by atoms with Crippen LogP contribution >= 0.6 is 0 Å². The second kappa shape index (κ2) is 7.39. The van der Waals surface area contributed by atoms with Crippen LogP contribution in [0.2, 0.25) is 0 Å². The zero-order valence-electron chi connectivity index (χ0n) is 15.1. The number of carbonyl (C=O) groups is 2. The highest BCUT2D eigenvalue weighted by atomic mass is 32.2. The van der Waals surface area contributed by atoms with E-state index >= 15 is 0 Å². The molecule has 0 aliphatic carbocycles. The number of hydrogen-bond acceptors (Lipinski definition) is 4. The summed E-state index contributed by atoms with van der Waals surface area (Å²) in [6.07, 6.45) is -3.73. The van der Waals surface area contributed by atoms with Gasteiger partial charge < -0.3 is 5.32 Å². The van der Waals surface area contributed by atoms with Gasteiger partial charge in [0.2, 0.25) is 21.8 Å². The minimum absolute atomic E-state index is 0.0939. The third kappa shape index (κ3) is 4.50. The van der Waals surface area contributed by atoms with Gasteiger partial charge in [0.15, 0.2) is 0 Å². The van der Waals surface area contributed by atoms with E-state index in [1.807, 2.05) is 0 Å². The highest BCUT2D eigenvalue weighted by molar-refractivity contribution is 7.92. The van der Waals surface area contributed by atoms with Crippen LogP contribution in [0, 0.1) is 0 Å². The number of sulfonamides is 1. The number of amides is 2. The summed E-state index contributed by atoms with van der Waals surface area (Å²) >= 11 is 0. The Morgan fingerprint density at radius 2 is 1.76 bits per heavy atom. The Morgan fingerprint density at radius 3 is 2.34 bits per heavy atom. The predicted molar refractivity (Wildman–Crippen MR) is 101 cm³/mol. The Morgan fingerprint density at radius 1 is 1.14 bits per heavy atom. The minimum atomic E-state index is -4.57. The lowest BCUT2D eigenvalue weighted by atomic mass is 10.2. The quantitative estimate of drug-likeness (QED) is 0.812. The number of para-hydroxylation sites is 2. The summed E-state index contributed by atoms with van der Waals surface area (Å²) in [6.45, 7) is -0.980. The maximum Gasteiger partial charge on any atom is 0.416 e. The lowest BCUT2D eigenvalue weighted by Crippen LogP contribution is -2.47. The maximum absolute atomic E-state index is 12.8. The van der Waals surface area contributed by atoms with Crippen LogP contribution < -0.4 is 14.5 Å². The summed E-state index contributed by atoms with van der Waals surface area (Å²) in [5, 5.41) is 2.61. The molecule has 1 heterocycles. The summed E-state index contributed by atoms with van der Waals surface area (Å²) in [4.78, 5) is 25.8. The smallest absolute Gasteiger partial charge is 0.323 e. The van der Waals surface area contributed by atoms with Crippen LogP contribution in [0.3, 0.4) is 0 Å². The number of halogens is 3. The van der Waals surface area contributed by atoms with Gasteiger partial charge in [0, 0.05) is 0 Å². The monoisotopic (exact) mass is 427 g/mol. The molecule has 1 N–H and O–H groups in total. The molecule has 0 fully saturated rings. The minimum Gasteiger partial charge on any atom is -0.323 e. The van der Waals surface area contributed by atoms with E-state index in [0.29, 0.717) is 15.7 Å². The molecule has 7 nitrogen and oxygen atoms in total. The molecule has 0 saturated heterocycles. The van der Waals surface area contributed by atoms with Gasteiger partial charge in [0.25, 0.3) is 0 Å². The lowest BCUT2D eigenvalue weighted by Gasteiger charge is -2.31. The molecule has 0 saturated carbocycles. The number of anilines is 3. The molecule has 154 valence electrons. The van der Waals surface area contributed by atoms with E-state index in [1.54, 1.807) is 24.3 Å². The maximum atomic E-state index is 12.8. The van der Waals surface area contributed by atoms with E-state index in [-0.39, 0.29) is 12.2 Å². The van der Waals surface area contributed by atoms with Crippen LogP contribution in [0.4, 0.5) is 30.2 Å². The summed E-state index contributed by atoms with van der Waals surface area (Å²) in [6, 6.07) is 9.94. The van der Waals surface area contributed by atoms with Crippen molar-refractivity contribution in [3.8, 4) is 0 Å². The van der Waals surface area contributed by atoms with Crippen molar-refractivity contribution in [1.29, 1.82) is 0 Å². The summed E-state index contributed by atoms with van der Waals surface area (Å²) < 4.78 is 63.4. The molecule has 2 aromatic rings. The molecule has 3 rings (SSSR count). The van der Waals surface area contributed by atoms with E-state index in [0.717, 1.165) is 35.4 Å². The molecule has 0 atom stereocenters. The zero-order chi connectivity index (χ0) is 21.4. The van der Waals surface area contributed by atoms with Crippen LogP contribution in [0.1, 0.15) is 5.56 Å². The number of carbonyl (C=O) groups excluding carboxylic acids is 2. The third-order valence-electron chi connectivity index (χ3n) is 4.23. The van der Waals surface area contributed by atoms with Gasteiger partial charge >= 0.3 is 6.18 Å². The Bertz CT molecular complexity index is 1050. The standard InChI is InChI=1S/C18H16F3N3O4S/c1-29(27,28)24(13-8-6-12(7-9-13)18(19,20)21)11-17(26)23-10-16(25)22-14-4-2-3-5-15(14)23/h2-9H,10-11H2,1H3,(H,22,25). The number of rotatable bonds is 4. The first kappa shape index (κ1) is 20.6. The highest BCUT2D eigenvalue weighted by Crippen LogP contribution is 2.32. The molecule has 1 aliphatic heterocycles. The number of nitrogens with zero attached hydrogens (tertiary/aromatic N) is 2. The number of alkyl halides is 3. The second-order valence-corrected chi connectivity index (χ2v) is 8.27. The van der Waals surface area contributed by atoms with E-state index in [1.165, 1.54) is 0 Å². The van der Waals surface area contributed by atoms with Crippen molar-refractivity contribution in [2.75, 3.05) is 33.9 Å². The fourth-order valence-electron chi connectivity index (χ4n) is 2.88. The molecule has 0 spiro atoms. The van der Waals surface area contributed by atoms with Gasteiger partial charge in [-0.2, -0.15) is 13.2 Å². The molecule has 0 radical (unpaired) electrons. The molecule has 2 amide bonds. The van der Waals surface area contributed by atoms with Crippen molar-refractivity contribution in [2.45, 2.75) is 6.18 Å². The Balaban J connectivity index is 1.91. The fraction of sp³-hybridized carbons (Fsp3) is 0.222. The van der Waals surface area contributed by atoms with Crippen molar-refractivity contribution in [3.05, 3.63) is 54.1 Å². The van der Waals surface area contributed by atoms with E-state index in [9.17, 15) is 31.2 Å². The molecule has 0 bridgehead atoms. The van der Waals surface area contributed by atoms with Gasteiger partial charge in [0.05, 0.1) is 28.9 Å². The van der Waals surface area contributed by atoms with E-state index in [4.69, 9.17) is 0 Å². The van der Waals surface area contributed by atoms with Crippen molar-refractivity contribution in [2.24, 2.45) is 0 Å². The van der Waals surface area contributed by atoms with Crippen LogP contribution in [0.5, 0.6) is 0 Å². The molecular formula is C18H16F3N3O4S. The molecule has 11 heteroatoms. The van der Waals surface area contributed by atoms with Crippen molar-refractivity contribution in [1.82, 2.24) is 0 Å². The molecule has 1 aliphatic rings. The van der Waals surface area contributed by atoms with Gasteiger partial charge in [0.1, 0.15) is 13.1 Å². The highest BCUT2D eigenvalue weighted by Gasteiger charge is 2.32. The normalized spacial score (nSPS) is 14.2. The van der Waals surface area contributed by atoms with Crippen molar-refractivity contribution >= 4 is 38.9 Å². The van der Waals surface area contributed by atoms with Crippen molar-refractivity contribution < 1.29 is 31.2 Å². The molecular weight excluding hydrogens is 411 g/mol. The van der Waals surface area contributed by atoms with E-state index in [2.05, 4.69) is 5.32 Å². The first-order chi connectivity index (χ1) is 13.5. The van der Waals surface area contributed by atoms with Crippen LogP contribution in [0.25, 0.3) is 0 Å². The van der Waals surface area contributed by atoms with Gasteiger partial charge in [-0.15, -0.1) is 0 Å². The predicted octanol–water partition coefficient (Wildman–Crippen LogP) is 2.46. The van der Waals surface area contributed by atoms with Gasteiger partial charge in [-0.25, -0.2) is 8.42 Å². The number of benzene rings is 2. The average molecular weight is 427 g/mol. The number of hydrogen-bond donors (Lipinski definition) is 1. The van der Waals surface area contributed by atoms with E-state index < -0.39 is 40.1 Å². The van der Waals surface area contributed by atoms with Crippen LogP contribution in [-0.4, -0.2) is 39.6 Å². The van der Waals surface area contributed by atoms with Gasteiger partial charge in [-0.3, -0.25) is 18.8 Å². The number of nitrogens with one attached hydrogen (secondary N) is 1. The van der Waals surface area contributed by atoms with Crippen LogP contribution in [0.15, 0.2) is 48.5 Å². The van der Waals surface area contributed by atoms with Gasteiger partial charge in [-0.1, -0.05) is 12.1 Å². The Kier molecular flexibility index (Phi) is 5.26. The average Bonchev–Trinajstić information content (AvgIpc) is 2.63. The SMILES string of the molecule is CS(=O)(=O)N(CC(=O)N1CC(=O)Nc2ccccc21)c1ccc(C(F)(F)F)cc1. The Labute approximate surface area is 164 Å². The molecule has 2 aromatic carbocycles. The zero-order valence-corrected chi connectivity index (χ0v) is 15.9. The summed E-state index contributed by atoms with van der Waals surface area (Å²) in [5.41, 5.74) is -0.234. The topological polar surface area (TPSA) is 86.8 Å². The second-order valence-electron chi connectivity index (χ2n) is 6.36. The van der Waals surface area contributed by atoms with Gasteiger partial charge in [-0.05, 0) is 36.4 Å². The third-order valence-corrected chi connectivity index (χ3v) is 5.37. The Hall–Kier alpha value is -3.08. The number of fused-ring (bicyclic) bond motifs is 1. The molecule has 0 aromatic heterocycles. The lowest BCUT2D eigenvalue weighted by molar-refractivity contribution is -0.137.